The maximum absolute atomic E-state index is 6.04. The van der Waals surface area contributed by atoms with Gasteiger partial charge in [-0.25, -0.2) is 4.98 Å². The van der Waals surface area contributed by atoms with Gasteiger partial charge in [-0.2, -0.15) is 0 Å². The molecule has 2 aromatic heterocycles. The number of hydrogen-bond acceptors (Lipinski definition) is 4. The predicted molar refractivity (Wildman–Crippen MR) is 312 cm³/mol. The summed E-state index contributed by atoms with van der Waals surface area (Å²) in [6.45, 7) is 23.3. The summed E-state index contributed by atoms with van der Waals surface area (Å²) in [7, 11) is 0. The summed E-state index contributed by atoms with van der Waals surface area (Å²) in [5.41, 5.74) is 17.3. The summed E-state index contributed by atoms with van der Waals surface area (Å²) < 4.78 is 2.38. The highest BCUT2D eigenvalue weighted by Crippen LogP contribution is 2.57. The second-order valence-electron chi connectivity index (χ2n) is 23.0. The zero-order valence-corrected chi connectivity index (χ0v) is 44.4. The normalized spacial score (nSPS) is 16.9. The fourth-order valence-electron chi connectivity index (χ4n) is 12.6. The molecule has 1 atom stereocenters. The van der Waals surface area contributed by atoms with E-state index < -0.39 is 11.1 Å². The van der Waals surface area contributed by atoms with Gasteiger partial charge in [-0.1, -0.05) is 180 Å². The van der Waals surface area contributed by atoms with Crippen molar-refractivity contribution in [3.05, 3.63) is 251 Å². The molecule has 0 fully saturated rings. The lowest BCUT2D eigenvalue weighted by atomic mass is 9.66. The van der Waals surface area contributed by atoms with E-state index in [2.05, 4.69) is 284 Å². The first kappa shape index (κ1) is 47.0. The Labute approximate surface area is 437 Å². The van der Waals surface area contributed by atoms with Crippen LogP contribution in [-0.2, 0) is 10.8 Å². The van der Waals surface area contributed by atoms with Crippen molar-refractivity contribution in [3.63, 3.8) is 0 Å². The van der Waals surface area contributed by atoms with E-state index in [4.69, 9.17) is 9.98 Å². The molecule has 4 heterocycles. The highest BCUT2D eigenvalue weighted by Gasteiger charge is 2.58. The van der Waals surface area contributed by atoms with Gasteiger partial charge in [0.1, 0.15) is 11.7 Å². The van der Waals surface area contributed by atoms with Crippen molar-refractivity contribution >= 4 is 50.4 Å². The molecule has 0 saturated heterocycles. The molecule has 0 unspecified atom stereocenters. The molecule has 0 saturated carbocycles. The third-order valence-electron chi connectivity index (χ3n) is 16.7. The number of aromatic nitrogens is 2. The molecule has 0 radical (unpaired) electrons. The lowest BCUT2D eigenvalue weighted by molar-refractivity contribution is 0.279. The molecule has 74 heavy (non-hydrogen) atoms. The Hall–Kier alpha value is -8.02. The first-order valence-corrected chi connectivity index (χ1v) is 26.3. The van der Waals surface area contributed by atoms with Crippen LogP contribution < -0.4 is 9.80 Å². The van der Waals surface area contributed by atoms with E-state index in [-0.39, 0.29) is 16.7 Å². The van der Waals surface area contributed by atoms with E-state index in [0.717, 1.165) is 56.4 Å². The van der Waals surface area contributed by atoms with Gasteiger partial charge in [-0.05, 0) is 145 Å². The van der Waals surface area contributed by atoms with Crippen LogP contribution in [0.5, 0.6) is 0 Å². The van der Waals surface area contributed by atoms with Crippen LogP contribution >= 0.6 is 0 Å². The SMILES string of the molecule is Cc1cccc(C)c1N1C(c2cc(-c3ccccc3)cc(N3c4ccccc4C(C)(C)c4cc5c6ccccc6n(-c6cc(C(C)(C)C)ccn6)c5cc43)c2)=NC(C)(C)[C@]1(C)C(c1ccccc1)c1ccccc1. The molecule has 5 heteroatoms. The molecule has 0 bridgehead atoms. The van der Waals surface area contributed by atoms with E-state index in [1.807, 2.05) is 6.20 Å². The molecule has 12 rings (SSSR count). The fourth-order valence-corrected chi connectivity index (χ4v) is 12.6. The van der Waals surface area contributed by atoms with Gasteiger partial charge in [0.05, 0.1) is 33.5 Å². The van der Waals surface area contributed by atoms with Crippen LogP contribution in [0.25, 0.3) is 38.8 Å². The van der Waals surface area contributed by atoms with Gasteiger partial charge < -0.3 is 9.80 Å². The first-order chi connectivity index (χ1) is 35.6. The topological polar surface area (TPSA) is 36.7 Å². The number of nitrogens with zero attached hydrogens (tertiary/aromatic N) is 5. The molecular weight excluding hydrogens is 899 g/mol. The van der Waals surface area contributed by atoms with Crippen LogP contribution in [0, 0.1) is 13.8 Å². The minimum Gasteiger partial charge on any atom is -0.316 e. The van der Waals surface area contributed by atoms with Crippen molar-refractivity contribution in [2.75, 3.05) is 9.80 Å². The van der Waals surface area contributed by atoms with Gasteiger partial charge in [0.2, 0.25) is 0 Å². The van der Waals surface area contributed by atoms with Crippen LogP contribution in [-0.4, -0.2) is 26.5 Å². The van der Waals surface area contributed by atoms with E-state index in [1.165, 1.54) is 55.4 Å². The molecule has 0 amide bonds. The van der Waals surface area contributed by atoms with E-state index in [0.29, 0.717) is 0 Å². The molecule has 0 aliphatic carbocycles. The summed E-state index contributed by atoms with van der Waals surface area (Å²) >= 11 is 0. The number of para-hydroxylation sites is 3. The molecular formula is C69H65N5. The molecule has 366 valence electrons. The minimum absolute atomic E-state index is 0.0463. The lowest BCUT2D eigenvalue weighted by Crippen LogP contribution is -2.60. The van der Waals surface area contributed by atoms with Crippen molar-refractivity contribution in [2.45, 2.75) is 97.1 Å². The number of benzene rings is 8. The molecule has 2 aliphatic rings. The molecule has 2 aliphatic heterocycles. The second kappa shape index (κ2) is 17.3. The average Bonchev–Trinajstić information content (AvgIpc) is 3.86. The van der Waals surface area contributed by atoms with Gasteiger partial charge in [0, 0.05) is 45.2 Å². The smallest absolute Gasteiger partial charge is 0.137 e. The summed E-state index contributed by atoms with van der Waals surface area (Å²) in [5.74, 6) is 1.82. The molecule has 0 N–H and O–H groups in total. The number of rotatable bonds is 8. The Balaban J connectivity index is 1.15. The van der Waals surface area contributed by atoms with Crippen LogP contribution in [0.4, 0.5) is 22.7 Å². The molecule has 5 nitrogen and oxygen atoms in total. The fraction of sp³-hybridized carbons (Fsp3) is 0.217. The van der Waals surface area contributed by atoms with Gasteiger partial charge in [-0.15, -0.1) is 0 Å². The second-order valence-corrected chi connectivity index (χ2v) is 23.0. The number of hydrogen-bond donors (Lipinski definition) is 0. The zero-order chi connectivity index (χ0) is 51.3. The van der Waals surface area contributed by atoms with Crippen LogP contribution in [0.15, 0.2) is 211 Å². The third kappa shape index (κ3) is 7.34. The summed E-state index contributed by atoms with van der Waals surface area (Å²) in [6.07, 6.45) is 1.97. The summed E-state index contributed by atoms with van der Waals surface area (Å²) in [6, 6.07) is 74.1. The monoisotopic (exact) mass is 964 g/mol. The van der Waals surface area contributed by atoms with Crippen molar-refractivity contribution in [2.24, 2.45) is 4.99 Å². The zero-order valence-electron chi connectivity index (χ0n) is 44.4. The van der Waals surface area contributed by atoms with Gasteiger partial charge >= 0.3 is 0 Å². The molecule has 8 aromatic carbocycles. The largest absolute Gasteiger partial charge is 0.316 e. The van der Waals surface area contributed by atoms with E-state index in [1.54, 1.807) is 0 Å². The quantitative estimate of drug-likeness (QED) is 0.152. The number of fused-ring (bicyclic) bond motifs is 5. The first-order valence-electron chi connectivity index (χ1n) is 26.3. The maximum Gasteiger partial charge on any atom is 0.137 e. The number of aryl methyl sites for hydroxylation is 2. The predicted octanol–water partition coefficient (Wildman–Crippen LogP) is 17.5. The Bertz CT molecular complexity index is 3760. The third-order valence-corrected chi connectivity index (χ3v) is 16.7. The Morgan fingerprint density at radius 3 is 1.78 bits per heavy atom. The Morgan fingerprint density at radius 1 is 0.500 bits per heavy atom. The van der Waals surface area contributed by atoms with Gasteiger partial charge in [0.25, 0.3) is 0 Å². The summed E-state index contributed by atoms with van der Waals surface area (Å²) in [5, 5.41) is 2.43. The minimum atomic E-state index is -0.587. The standard InChI is InChI=1S/C69H65N5/c1-45-25-24-26-46(2)64(45)74-65(71-68(8,9)69(74,10)63(48-29-16-12-17-30-48)49-31-18-13-19-32-49)51-39-50(47-27-14-11-15-28-47)40-53(41-51)72-59-36-23-21-34-56(59)67(6,7)57-43-55-54-33-20-22-35-58(54)73(60(55)44-61(57)72)62-42-52(37-38-70-62)66(3,4)5/h11-44,63H,1-10H3/t69-/m0/s1. The highest BCUT2D eigenvalue weighted by atomic mass is 15.4. The number of aliphatic imine (C=N–C) groups is 1. The van der Waals surface area contributed by atoms with Crippen molar-refractivity contribution in [3.8, 4) is 16.9 Å². The van der Waals surface area contributed by atoms with Crippen molar-refractivity contribution in [1.82, 2.24) is 9.55 Å². The average molecular weight is 964 g/mol. The number of amidine groups is 1. The maximum atomic E-state index is 6.04. The Kier molecular flexibility index (Phi) is 11.0. The van der Waals surface area contributed by atoms with Crippen molar-refractivity contribution in [1.29, 1.82) is 0 Å². The Morgan fingerprint density at radius 2 is 1.11 bits per heavy atom. The van der Waals surface area contributed by atoms with Crippen LogP contribution in [0.1, 0.15) is 106 Å². The summed E-state index contributed by atoms with van der Waals surface area (Å²) in [4.78, 5) is 16.3. The van der Waals surface area contributed by atoms with Crippen molar-refractivity contribution < 1.29 is 0 Å². The lowest BCUT2D eigenvalue weighted by Gasteiger charge is -2.50. The number of pyridine rings is 1. The van der Waals surface area contributed by atoms with Gasteiger partial charge in [0.15, 0.2) is 0 Å². The number of anilines is 4. The van der Waals surface area contributed by atoms with Crippen LogP contribution in [0.3, 0.4) is 0 Å². The van der Waals surface area contributed by atoms with Crippen LogP contribution in [0.2, 0.25) is 0 Å². The highest BCUT2D eigenvalue weighted by molar-refractivity contribution is 6.16. The van der Waals surface area contributed by atoms with Gasteiger partial charge in [-0.3, -0.25) is 9.56 Å². The van der Waals surface area contributed by atoms with E-state index in [9.17, 15) is 0 Å². The molecule has 0 spiro atoms. The van der Waals surface area contributed by atoms with E-state index >= 15 is 0 Å². The molecule has 10 aromatic rings.